The van der Waals surface area contributed by atoms with Crippen LogP contribution in [0.4, 0.5) is 5.69 Å². The van der Waals surface area contributed by atoms with E-state index in [9.17, 15) is 5.26 Å². The van der Waals surface area contributed by atoms with Gasteiger partial charge in [-0.1, -0.05) is 26.0 Å². The Balaban J connectivity index is 2.13. The highest BCUT2D eigenvalue weighted by Gasteiger charge is 2.05. The van der Waals surface area contributed by atoms with E-state index in [1.54, 1.807) is 6.20 Å². The molecule has 0 radical (unpaired) electrons. The average molecular weight is 283 g/mol. The fourth-order valence-corrected chi connectivity index (χ4v) is 2.50. The molecular formula is C16H17N3S. The van der Waals surface area contributed by atoms with Crippen LogP contribution < -0.4 is 5.32 Å². The number of rotatable bonds is 4. The summed E-state index contributed by atoms with van der Waals surface area (Å²) < 4.78 is 0. The van der Waals surface area contributed by atoms with E-state index in [4.69, 9.17) is 0 Å². The molecule has 0 unspecified atom stereocenters. The normalized spacial score (nSPS) is 11.4. The molecular weight excluding hydrogens is 266 g/mol. The zero-order chi connectivity index (χ0) is 14.5. The van der Waals surface area contributed by atoms with E-state index in [0.29, 0.717) is 11.5 Å². The predicted octanol–water partition coefficient (Wildman–Crippen LogP) is 4.55. The van der Waals surface area contributed by atoms with Crippen LogP contribution >= 0.6 is 11.3 Å². The molecule has 2 aromatic rings. The molecule has 0 amide bonds. The molecule has 1 aromatic carbocycles. The molecule has 4 heteroatoms. The first-order valence-electron chi connectivity index (χ1n) is 6.49. The summed E-state index contributed by atoms with van der Waals surface area (Å²) in [5, 5.41) is 15.0. The molecule has 0 fully saturated rings. The second-order valence-corrected chi connectivity index (χ2v) is 5.74. The zero-order valence-corrected chi connectivity index (χ0v) is 12.7. The molecule has 0 bridgehead atoms. The number of nitriles is 1. The van der Waals surface area contributed by atoms with Gasteiger partial charge in [0.15, 0.2) is 0 Å². The second-order valence-electron chi connectivity index (χ2n) is 4.88. The van der Waals surface area contributed by atoms with Crippen molar-refractivity contribution in [2.24, 2.45) is 0 Å². The van der Waals surface area contributed by atoms with Crippen LogP contribution in [0.1, 0.15) is 36.0 Å². The van der Waals surface area contributed by atoms with Crippen molar-refractivity contribution in [3.05, 3.63) is 52.1 Å². The highest BCUT2D eigenvalue weighted by atomic mass is 32.1. The van der Waals surface area contributed by atoms with E-state index in [1.165, 1.54) is 16.9 Å². The van der Waals surface area contributed by atoms with Crippen LogP contribution in [0.15, 0.2) is 35.8 Å². The van der Waals surface area contributed by atoms with Crippen LogP contribution in [-0.4, -0.2) is 4.98 Å². The van der Waals surface area contributed by atoms with Gasteiger partial charge in [-0.3, -0.25) is 0 Å². The van der Waals surface area contributed by atoms with Crippen molar-refractivity contribution in [2.75, 3.05) is 5.32 Å². The molecule has 0 saturated heterocycles. The molecule has 102 valence electrons. The maximum Gasteiger partial charge on any atom is 0.135 e. The van der Waals surface area contributed by atoms with Gasteiger partial charge in [-0.2, -0.15) is 5.26 Å². The summed E-state index contributed by atoms with van der Waals surface area (Å²) in [6, 6.07) is 10.4. The molecule has 20 heavy (non-hydrogen) atoms. The third-order valence-corrected chi connectivity index (χ3v) is 3.92. The lowest BCUT2D eigenvalue weighted by Crippen LogP contribution is -1.92. The van der Waals surface area contributed by atoms with Crippen LogP contribution in [0.3, 0.4) is 0 Å². The fourth-order valence-electron chi connectivity index (χ4n) is 1.74. The number of nitrogens with zero attached hydrogens (tertiary/aromatic N) is 2. The molecule has 0 saturated carbocycles. The number of hydrogen-bond donors (Lipinski definition) is 1. The van der Waals surface area contributed by atoms with Crippen molar-refractivity contribution >= 4 is 22.6 Å². The Morgan fingerprint density at radius 3 is 2.55 bits per heavy atom. The first-order valence-corrected chi connectivity index (χ1v) is 7.37. The van der Waals surface area contributed by atoms with Gasteiger partial charge in [0.1, 0.15) is 16.6 Å². The van der Waals surface area contributed by atoms with E-state index in [0.717, 1.165) is 16.4 Å². The number of aromatic nitrogens is 1. The molecule has 2 rings (SSSR count). The quantitative estimate of drug-likeness (QED) is 0.837. The minimum atomic E-state index is 0.521. The van der Waals surface area contributed by atoms with E-state index >= 15 is 0 Å². The van der Waals surface area contributed by atoms with E-state index in [1.807, 2.05) is 24.4 Å². The second kappa shape index (κ2) is 6.36. The van der Waals surface area contributed by atoms with Crippen molar-refractivity contribution in [1.29, 1.82) is 5.26 Å². The summed E-state index contributed by atoms with van der Waals surface area (Å²) in [4.78, 5) is 4.32. The Morgan fingerprint density at radius 1 is 1.35 bits per heavy atom. The topological polar surface area (TPSA) is 48.7 Å². The fraction of sp³-hybridized carbons (Fsp3) is 0.250. The highest BCUT2D eigenvalue weighted by Crippen LogP contribution is 2.20. The summed E-state index contributed by atoms with van der Waals surface area (Å²) in [6.45, 7) is 6.26. The lowest BCUT2D eigenvalue weighted by Gasteiger charge is -2.06. The van der Waals surface area contributed by atoms with Gasteiger partial charge in [-0.05, 0) is 30.5 Å². The number of allylic oxidation sites excluding steroid dienone is 1. The molecule has 0 aliphatic rings. The minimum absolute atomic E-state index is 0.521. The number of nitrogens with one attached hydrogen (secondary N) is 1. The maximum absolute atomic E-state index is 9.19. The van der Waals surface area contributed by atoms with Gasteiger partial charge in [0.05, 0.1) is 0 Å². The standard InChI is InChI=1S/C16H17N3S/c1-11(2)13-4-6-15(7-5-13)18-9-14(8-17)16-19-12(3)10-20-16/h4-7,9-11,18H,1-3H3/b14-9+. The van der Waals surface area contributed by atoms with Crippen molar-refractivity contribution in [3.63, 3.8) is 0 Å². The smallest absolute Gasteiger partial charge is 0.135 e. The Labute approximate surface area is 123 Å². The van der Waals surface area contributed by atoms with Crippen LogP contribution in [0.2, 0.25) is 0 Å². The van der Waals surface area contributed by atoms with Gasteiger partial charge >= 0.3 is 0 Å². The first-order chi connectivity index (χ1) is 9.60. The van der Waals surface area contributed by atoms with Crippen LogP contribution in [0.5, 0.6) is 0 Å². The van der Waals surface area contributed by atoms with Crippen molar-refractivity contribution < 1.29 is 0 Å². The van der Waals surface area contributed by atoms with Gasteiger partial charge < -0.3 is 5.32 Å². The Hall–Kier alpha value is -2.12. The van der Waals surface area contributed by atoms with Gasteiger partial charge in [0.2, 0.25) is 0 Å². The molecule has 0 aliphatic carbocycles. The van der Waals surface area contributed by atoms with E-state index in [-0.39, 0.29) is 0 Å². The van der Waals surface area contributed by atoms with Crippen molar-refractivity contribution in [1.82, 2.24) is 4.98 Å². The predicted molar refractivity (Wildman–Crippen MR) is 84.6 cm³/mol. The first kappa shape index (κ1) is 14.3. The number of anilines is 1. The minimum Gasteiger partial charge on any atom is -0.360 e. The summed E-state index contributed by atoms with van der Waals surface area (Å²) in [7, 11) is 0. The monoisotopic (exact) mass is 283 g/mol. The number of aryl methyl sites for hydroxylation is 1. The maximum atomic E-state index is 9.19. The molecule has 0 aliphatic heterocycles. The summed E-state index contributed by atoms with van der Waals surface area (Å²) >= 11 is 1.48. The summed E-state index contributed by atoms with van der Waals surface area (Å²) in [5.41, 5.74) is 3.76. The van der Waals surface area contributed by atoms with Crippen molar-refractivity contribution in [2.45, 2.75) is 26.7 Å². The summed E-state index contributed by atoms with van der Waals surface area (Å²) in [6.07, 6.45) is 1.71. The van der Waals surface area contributed by atoms with Gasteiger partial charge in [-0.25, -0.2) is 4.98 Å². The molecule has 1 heterocycles. The van der Waals surface area contributed by atoms with E-state index in [2.05, 4.69) is 42.4 Å². The molecule has 3 nitrogen and oxygen atoms in total. The number of benzene rings is 1. The number of hydrogen-bond acceptors (Lipinski definition) is 4. The zero-order valence-electron chi connectivity index (χ0n) is 11.8. The van der Waals surface area contributed by atoms with Gasteiger partial charge in [-0.15, -0.1) is 11.3 Å². The Bertz CT molecular complexity index is 645. The molecule has 0 spiro atoms. The van der Waals surface area contributed by atoms with Gasteiger partial charge in [0, 0.05) is 23.0 Å². The number of thiazole rings is 1. The van der Waals surface area contributed by atoms with Crippen LogP contribution in [0.25, 0.3) is 5.57 Å². The van der Waals surface area contributed by atoms with Crippen LogP contribution in [0, 0.1) is 18.3 Å². The Morgan fingerprint density at radius 2 is 2.05 bits per heavy atom. The lowest BCUT2D eigenvalue weighted by atomic mass is 10.0. The third-order valence-electron chi connectivity index (χ3n) is 2.93. The van der Waals surface area contributed by atoms with Gasteiger partial charge in [0.25, 0.3) is 0 Å². The van der Waals surface area contributed by atoms with E-state index < -0.39 is 0 Å². The van der Waals surface area contributed by atoms with Crippen molar-refractivity contribution in [3.8, 4) is 6.07 Å². The highest BCUT2D eigenvalue weighted by molar-refractivity contribution is 7.10. The third kappa shape index (κ3) is 3.46. The Kier molecular flexibility index (Phi) is 4.54. The SMILES string of the molecule is Cc1csc(/C(C#N)=C/Nc2ccc(C(C)C)cc2)n1. The van der Waals surface area contributed by atoms with Crippen LogP contribution in [-0.2, 0) is 0 Å². The lowest BCUT2D eigenvalue weighted by molar-refractivity contribution is 0.867. The summed E-state index contributed by atoms with van der Waals surface area (Å²) in [5.74, 6) is 0.521. The molecule has 1 aromatic heterocycles. The molecule has 0 atom stereocenters. The molecule has 1 N–H and O–H groups in total. The average Bonchev–Trinajstić information content (AvgIpc) is 2.86. The largest absolute Gasteiger partial charge is 0.360 e.